The number of thiophene rings is 4. The normalized spacial score (nSPS) is 15.5. The molecular formula is C67H26N12O3S5. The van der Waals surface area contributed by atoms with Crippen molar-refractivity contribution in [1.29, 1.82) is 42.1 Å². The highest BCUT2D eigenvalue weighted by atomic mass is 32.1. The standard InChI is InChI=1S/C67H26N12O3S5/c1-66(2)43-15-33(13-41-49(31(23-72)24-73)37-9-27(19-68)29(21-70)11-39(37)59(41)80)83-62(43)64-45(66)17-47(85-64)51-54-55(77-58-53(76-54)35-7-5-6-8-36(35)61(58)82)52(57-56(51)78-87-79-57)48-18-46-65(86-48)63-44(67(46,3)4)16-34(84-63)14-42-50(32(25-74)26-75)38-10-28(20-69)30(22-71)12-40(38)60(42)81/h5-18H,1-4H3/b41-13-,42-14-. The van der Waals surface area contributed by atoms with Crippen molar-refractivity contribution in [3.05, 3.63) is 183 Å². The molecule has 402 valence electrons. The minimum absolute atomic E-state index is 0.00783. The lowest BCUT2D eigenvalue weighted by Gasteiger charge is -2.19. The molecule has 10 aromatic rings. The van der Waals surface area contributed by atoms with E-state index in [1.807, 2.05) is 78.9 Å². The minimum atomic E-state index is -0.570. The summed E-state index contributed by atoms with van der Waals surface area (Å²) in [4.78, 5) is 60.5. The Morgan fingerprint density at radius 3 is 1.23 bits per heavy atom. The van der Waals surface area contributed by atoms with E-state index in [2.05, 4.69) is 39.8 Å². The van der Waals surface area contributed by atoms with Crippen molar-refractivity contribution in [3.8, 4) is 100 Å². The largest absolute Gasteiger partial charge is 0.289 e. The van der Waals surface area contributed by atoms with Crippen LogP contribution in [-0.2, 0) is 10.8 Å². The Morgan fingerprint density at radius 2 is 0.816 bits per heavy atom. The van der Waals surface area contributed by atoms with Crippen molar-refractivity contribution in [1.82, 2.24) is 18.7 Å². The predicted octanol–water partition coefficient (Wildman–Crippen LogP) is 14.7. The molecule has 87 heavy (non-hydrogen) atoms. The number of carbonyl (C=O) groups is 3. The summed E-state index contributed by atoms with van der Waals surface area (Å²) in [6.07, 6.45) is 3.35. The molecule has 15 nitrogen and oxygen atoms in total. The number of ketones is 3. The average Bonchev–Trinajstić information content (AvgIpc) is 1.59. The second kappa shape index (κ2) is 18.4. The van der Waals surface area contributed by atoms with E-state index in [1.54, 1.807) is 40.9 Å². The molecule has 15 rings (SSSR count). The van der Waals surface area contributed by atoms with Gasteiger partial charge in [-0.2, -0.15) is 50.8 Å². The molecule has 0 unspecified atom stereocenters. The van der Waals surface area contributed by atoms with Crippen molar-refractivity contribution >= 4 is 120 Å². The number of carbonyl (C=O) groups excluding carboxylic acids is 3. The zero-order chi connectivity index (χ0) is 60.4. The van der Waals surface area contributed by atoms with E-state index in [0.29, 0.717) is 59.8 Å². The van der Waals surface area contributed by atoms with E-state index in [1.165, 1.54) is 46.9 Å². The Kier molecular flexibility index (Phi) is 11.1. The molecule has 6 heterocycles. The summed E-state index contributed by atoms with van der Waals surface area (Å²) in [7, 11) is 0. The highest BCUT2D eigenvalue weighted by molar-refractivity contribution is 7.25. The molecule has 0 amide bonds. The maximum Gasteiger partial charge on any atom is 0.214 e. The Hall–Kier alpha value is -11.3. The second-order valence-electron chi connectivity index (χ2n) is 22.0. The van der Waals surface area contributed by atoms with Gasteiger partial charge in [0.05, 0.1) is 34.0 Å². The number of nitrogens with zero attached hydrogens (tertiary/aromatic N) is 12. The van der Waals surface area contributed by atoms with Gasteiger partial charge in [0, 0.05) is 106 Å². The number of hydrogen-bond acceptors (Lipinski definition) is 20. The van der Waals surface area contributed by atoms with Crippen molar-refractivity contribution < 1.29 is 14.4 Å². The molecule has 0 saturated carbocycles. The fourth-order valence-corrected chi connectivity index (χ4v) is 18.8. The van der Waals surface area contributed by atoms with E-state index in [0.717, 1.165) is 63.2 Å². The van der Waals surface area contributed by atoms with Crippen LogP contribution in [0.25, 0.3) is 97.0 Å². The Balaban J connectivity index is 0.877. The first-order valence-electron chi connectivity index (χ1n) is 26.3. The highest BCUT2D eigenvalue weighted by Gasteiger charge is 2.44. The summed E-state index contributed by atoms with van der Waals surface area (Å²) in [5.74, 6) is -1.19. The first-order valence-corrected chi connectivity index (χ1v) is 30.3. The lowest BCUT2D eigenvalue weighted by molar-refractivity contribution is 0.103. The molecule has 5 aliphatic rings. The molecular weight excluding hydrogens is 1180 g/mol. The van der Waals surface area contributed by atoms with Crippen molar-refractivity contribution in [2.75, 3.05) is 0 Å². The first-order chi connectivity index (χ1) is 42.0. The fraction of sp³-hybridized carbons (Fsp3) is 0.0896. The van der Waals surface area contributed by atoms with E-state index in [-0.39, 0.29) is 89.4 Å². The molecule has 0 atom stereocenters. The van der Waals surface area contributed by atoms with Crippen molar-refractivity contribution in [2.24, 2.45) is 0 Å². The van der Waals surface area contributed by atoms with Crippen LogP contribution in [0.15, 0.2) is 95.1 Å². The molecule has 0 radical (unpaired) electrons. The number of hydrogen-bond donors (Lipinski definition) is 0. The van der Waals surface area contributed by atoms with Crippen LogP contribution in [-0.4, -0.2) is 36.1 Å². The van der Waals surface area contributed by atoms with Crippen molar-refractivity contribution in [2.45, 2.75) is 38.5 Å². The molecule has 0 aliphatic heterocycles. The zero-order valence-electron chi connectivity index (χ0n) is 45.2. The topological polar surface area (TPSA) is 293 Å². The van der Waals surface area contributed by atoms with Gasteiger partial charge in [-0.15, -0.1) is 45.3 Å². The van der Waals surface area contributed by atoms with Crippen LogP contribution < -0.4 is 0 Å². The number of allylic oxidation sites excluding steroid dienone is 6. The SMILES string of the molecule is CC1(C)c2cc(/C=C3\C(=O)c4cc(C#N)c(C#N)cc4C3=C(C#N)C#N)sc2-c2sc(-c3c4nsnc4c(-c4cc5c(s4)-c4sc(/C=C6\C(=O)c7cc(C#N)c(C#N)cc7C6=C(C#N)C#N)cc4C5(C)C)c4nc5c(nc34)C(=O)c3ccccc3-5)cc21. The molecule has 0 fully saturated rings. The molecule has 0 N–H and O–H groups in total. The Bertz CT molecular complexity index is 5610. The smallest absolute Gasteiger partial charge is 0.214 e. The van der Waals surface area contributed by atoms with E-state index in [4.69, 9.17) is 18.7 Å². The lowest BCUT2D eigenvalue weighted by Crippen LogP contribution is -2.13. The number of fused-ring (bicyclic) bond motifs is 13. The number of nitriles is 8. The van der Waals surface area contributed by atoms with E-state index >= 15 is 0 Å². The van der Waals surface area contributed by atoms with E-state index in [9.17, 15) is 56.5 Å². The number of Topliss-reactive ketones (excluding diaryl/α,β-unsaturated/α-hetero) is 2. The third-order valence-corrected chi connectivity index (χ3v) is 22.2. The van der Waals surface area contributed by atoms with Gasteiger partial charge < -0.3 is 0 Å². The van der Waals surface area contributed by atoms with Crippen LogP contribution in [0.5, 0.6) is 0 Å². The zero-order valence-corrected chi connectivity index (χ0v) is 49.3. The quantitative estimate of drug-likeness (QED) is 0.117. The van der Waals surface area contributed by atoms with Gasteiger partial charge in [0.25, 0.3) is 0 Å². The average molecular weight is 1210 g/mol. The lowest BCUT2D eigenvalue weighted by atomic mass is 9.83. The summed E-state index contributed by atoms with van der Waals surface area (Å²) in [6.45, 7) is 8.49. The Morgan fingerprint density at radius 1 is 0.437 bits per heavy atom. The number of aromatic nitrogens is 4. The molecule has 0 bridgehead atoms. The number of rotatable bonds is 4. The van der Waals surface area contributed by atoms with Gasteiger partial charge in [0.1, 0.15) is 93.2 Å². The second-order valence-corrected chi connectivity index (χ2v) is 26.8. The third kappa shape index (κ3) is 6.99. The van der Waals surface area contributed by atoms with Crippen LogP contribution in [0.3, 0.4) is 0 Å². The van der Waals surface area contributed by atoms with Gasteiger partial charge in [0.2, 0.25) is 5.78 Å². The van der Waals surface area contributed by atoms with Crippen LogP contribution in [0.2, 0.25) is 0 Å². The van der Waals surface area contributed by atoms with Gasteiger partial charge in [-0.05, 0) is 94.1 Å². The third-order valence-electron chi connectivity index (χ3n) is 16.9. The molecule has 0 spiro atoms. The first kappa shape index (κ1) is 52.5. The Labute approximate surface area is 513 Å². The van der Waals surface area contributed by atoms with Crippen LogP contribution in [0.4, 0.5) is 0 Å². The predicted molar refractivity (Wildman–Crippen MR) is 330 cm³/mol. The maximum absolute atomic E-state index is 14.4. The minimum Gasteiger partial charge on any atom is -0.289 e. The van der Waals surface area contributed by atoms with Gasteiger partial charge in [0.15, 0.2) is 11.6 Å². The van der Waals surface area contributed by atoms with Gasteiger partial charge >= 0.3 is 0 Å². The summed E-state index contributed by atoms with van der Waals surface area (Å²) in [5, 5.41) is 79.8. The summed E-state index contributed by atoms with van der Waals surface area (Å²) in [5.41, 5.74) is 8.94. The molecule has 4 aromatic carbocycles. The molecule has 20 heteroatoms. The fourth-order valence-electron chi connectivity index (χ4n) is 12.7. The molecule has 5 aliphatic carbocycles. The van der Waals surface area contributed by atoms with Crippen LogP contribution in [0.1, 0.15) is 130 Å². The monoisotopic (exact) mass is 1210 g/mol. The van der Waals surface area contributed by atoms with Gasteiger partial charge in [-0.1, -0.05) is 52.0 Å². The maximum atomic E-state index is 14.4. The van der Waals surface area contributed by atoms with Crippen LogP contribution >= 0.6 is 57.1 Å². The van der Waals surface area contributed by atoms with E-state index < -0.39 is 22.4 Å². The van der Waals surface area contributed by atoms with Crippen LogP contribution in [0, 0.1) is 90.6 Å². The summed E-state index contributed by atoms with van der Waals surface area (Å²) < 4.78 is 10.0. The molecule has 6 aromatic heterocycles. The summed E-state index contributed by atoms with van der Waals surface area (Å²) in [6, 6.07) is 36.8. The number of benzene rings is 4. The van der Waals surface area contributed by atoms with Gasteiger partial charge in [-0.25, -0.2) is 9.97 Å². The van der Waals surface area contributed by atoms with Gasteiger partial charge in [-0.3, -0.25) is 14.4 Å². The highest BCUT2D eigenvalue weighted by Crippen LogP contribution is 2.61. The molecule has 0 saturated heterocycles. The van der Waals surface area contributed by atoms with Crippen molar-refractivity contribution in [3.63, 3.8) is 0 Å². The summed E-state index contributed by atoms with van der Waals surface area (Å²) >= 11 is 7.07.